The van der Waals surface area contributed by atoms with Crippen LogP contribution in [0.5, 0.6) is 11.5 Å². The van der Waals surface area contributed by atoms with Gasteiger partial charge in [-0.1, -0.05) is 61.9 Å². The average molecular weight is 450 g/mol. The quantitative estimate of drug-likeness (QED) is 0.463. The number of hydrogen-bond donors (Lipinski definition) is 0. The number of rotatable bonds is 7. The molecule has 0 aliphatic heterocycles. The molecule has 0 radical (unpaired) electrons. The van der Waals surface area contributed by atoms with Gasteiger partial charge in [-0.25, -0.2) is 0 Å². The second-order valence-corrected chi connectivity index (χ2v) is 8.25. The van der Waals surface area contributed by atoms with Gasteiger partial charge >= 0.3 is 6.18 Å². The number of allylic oxidation sites excluding steroid dienone is 2. The third-order valence-electron chi connectivity index (χ3n) is 5.59. The molecule has 162 valence electrons. The van der Waals surface area contributed by atoms with Crippen LogP contribution in [-0.4, -0.2) is 12.6 Å². The summed E-state index contributed by atoms with van der Waals surface area (Å²) in [6.45, 7) is 3.53. The number of alkyl halides is 3. The van der Waals surface area contributed by atoms with Crippen molar-refractivity contribution in [2.45, 2.75) is 25.6 Å². The van der Waals surface area contributed by atoms with E-state index in [4.69, 9.17) is 21.1 Å². The van der Waals surface area contributed by atoms with Crippen molar-refractivity contribution in [2.75, 3.05) is 0 Å². The molecule has 3 rings (SSSR count). The van der Waals surface area contributed by atoms with Gasteiger partial charge < -0.3 is 9.47 Å². The van der Waals surface area contributed by atoms with Crippen molar-refractivity contribution >= 4 is 18.1 Å². The molecule has 8 heteroatoms. The Kier molecular flexibility index (Phi) is 6.06. The number of nitrogens with zero attached hydrogens (tertiary/aromatic N) is 1. The van der Waals surface area contributed by atoms with Crippen molar-refractivity contribution in [1.82, 2.24) is 0 Å². The number of carbonyl (C=O) groups excluding carboxylic acids is 1. The number of carbonyl (C=O) groups is 1. The highest BCUT2D eigenvalue weighted by molar-refractivity contribution is 6.30. The first-order valence-electron chi connectivity index (χ1n) is 9.37. The van der Waals surface area contributed by atoms with Gasteiger partial charge in [0.25, 0.3) is 6.47 Å². The predicted octanol–water partition coefficient (Wildman–Crippen LogP) is 6.33. The van der Waals surface area contributed by atoms with Crippen LogP contribution in [0.1, 0.15) is 19.4 Å². The van der Waals surface area contributed by atoms with Crippen molar-refractivity contribution < 1.29 is 27.4 Å². The standard InChI is InChI=1S/C23H19ClF3NO3/c1-21(2)18(12-19(24)23(25,26)27)20(21)22(13-28,30-14-29)15-7-6-10-17(11-15)31-16-8-4-3-5-9-16/h3-12,14,18,20H,1-2H3/b19-12-/t18-,20-,22+/m0/s1. The van der Waals surface area contributed by atoms with Gasteiger partial charge in [0.15, 0.2) is 0 Å². The number of para-hydroxylation sites is 1. The van der Waals surface area contributed by atoms with Gasteiger partial charge in [-0.15, -0.1) is 0 Å². The molecule has 2 aromatic rings. The Labute approximate surface area is 182 Å². The molecule has 31 heavy (non-hydrogen) atoms. The Morgan fingerprint density at radius 3 is 2.35 bits per heavy atom. The molecular formula is C23H19ClF3NO3. The molecule has 0 spiro atoms. The minimum atomic E-state index is -4.70. The largest absolute Gasteiger partial charge is 0.457 e. The lowest BCUT2D eigenvalue weighted by atomic mass is 9.86. The first-order valence-corrected chi connectivity index (χ1v) is 9.74. The summed E-state index contributed by atoms with van der Waals surface area (Å²) in [5, 5.41) is 8.77. The highest BCUT2D eigenvalue weighted by Gasteiger charge is 2.69. The van der Waals surface area contributed by atoms with E-state index in [1.807, 2.05) is 12.1 Å². The zero-order chi connectivity index (χ0) is 22.9. The third-order valence-corrected chi connectivity index (χ3v) is 5.93. The second kappa shape index (κ2) is 8.27. The molecule has 0 heterocycles. The van der Waals surface area contributed by atoms with Crippen LogP contribution in [-0.2, 0) is 15.1 Å². The molecule has 0 N–H and O–H groups in total. The Hall–Kier alpha value is -2.98. The summed E-state index contributed by atoms with van der Waals surface area (Å²) >= 11 is 5.44. The van der Waals surface area contributed by atoms with E-state index in [-0.39, 0.29) is 6.47 Å². The highest BCUT2D eigenvalue weighted by Crippen LogP contribution is 2.67. The Bertz CT molecular complexity index is 1030. The fourth-order valence-electron chi connectivity index (χ4n) is 3.99. The SMILES string of the molecule is CC1(C)[C@@H](/C=C(\Cl)C(F)(F)F)[C@@H]1[C@](C#N)(OC=O)c1cccc(Oc2ccccc2)c1. The van der Waals surface area contributed by atoms with Gasteiger partial charge in [0, 0.05) is 11.5 Å². The van der Waals surface area contributed by atoms with Crippen LogP contribution in [0, 0.1) is 28.6 Å². The van der Waals surface area contributed by atoms with E-state index in [0.29, 0.717) is 17.1 Å². The molecule has 1 aliphatic rings. The lowest BCUT2D eigenvalue weighted by Crippen LogP contribution is -2.32. The smallest absolute Gasteiger partial charge is 0.426 e. The van der Waals surface area contributed by atoms with Crippen molar-refractivity contribution in [2.24, 2.45) is 17.3 Å². The molecule has 2 aromatic carbocycles. The molecule has 0 saturated heterocycles. The third kappa shape index (κ3) is 4.40. The Morgan fingerprint density at radius 2 is 1.77 bits per heavy atom. The molecule has 1 aliphatic carbocycles. The van der Waals surface area contributed by atoms with Crippen molar-refractivity contribution in [3.05, 3.63) is 71.3 Å². The monoisotopic (exact) mass is 449 g/mol. The zero-order valence-electron chi connectivity index (χ0n) is 16.7. The minimum Gasteiger partial charge on any atom is -0.457 e. The number of ether oxygens (including phenoxy) is 2. The lowest BCUT2D eigenvalue weighted by molar-refractivity contribution is -0.142. The van der Waals surface area contributed by atoms with Gasteiger partial charge in [-0.05, 0) is 35.6 Å². The summed E-state index contributed by atoms with van der Waals surface area (Å²) in [5.41, 5.74) is -2.29. The molecule has 0 bridgehead atoms. The Morgan fingerprint density at radius 1 is 1.13 bits per heavy atom. The number of benzene rings is 2. The molecule has 3 atom stereocenters. The summed E-state index contributed by atoms with van der Waals surface area (Å²) < 4.78 is 49.9. The van der Waals surface area contributed by atoms with E-state index in [2.05, 4.69) is 0 Å². The molecule has 0 unspecified atom stereocenters. The fraction of sp³-hybridized carbons (Fsp3) is 0.304. The second-order valence-electron chi connectivity index (χ2n) is 7.84. The topological polar surface area (TPSA) is 59.3 Å². The van der Waals surface area contributed by atoms with Gasteiger partial charge in [-0.2, -0.15) is 18.4 Å². The fourth-order valence-corrected chi connectivity index (χ4v) is 4.13. The molecule has 1 fully saturated rings. The van der Waals surface area contributed by atoms with Gasteiger partial charge in [-0.3, -0.25) is 4.79 Å². The van der Waals surface area contributed by atoms with E-state index in [9.17, 15) is 23.2 Å². The van der Waals surface area contributed by atoms with E-state index >= 15 is 0 Å². The maximum absolute atomic E-state index is 13.0. The summed E-state index contributed by atoms with van der Waals surface area (Å²) in [6, 6.07) is 17.3. The molecular weight excluding hydrogens is 431 g/mol. The molecule has 1 saturated carbocycles. The number of halogens is 4. The van der Waals surface area contributed by atoms with E-state index in [1.165, 1.54) is 0 Å². The van der Waals surface area contributed by atoms with Gasteiger partial charge in [0.05, 0.1) is 0 Å². The summed E-state index contributed by atoms with van der Waals surface area (Å²) in [4.78, 5) is 11.3. The number of hydrogen-bond acceptors (Lipinski definition) is 4. The summed E-state index contributed by atoms with van der Waals surface area (Å²) in [6.07, 6.45) is -3.81. The highest BCUT2D eigenvalue weighted by atomic mass is 35.5. The van der Waals surface area contributed by atoms with Crippen LogP contribution in [0.15, 0.2) is 65.7 Å². The lowest BCUT2D eigenvalue weighted by Gasteiger charge is -2.27. The van der Waals surface area contributed by atoms with E-state index in [0.717, 1.165) is 6.08 Å². The van der Waals surface area contributed by atoms with Gasteiger partial charge in [0.2, 0.25) is 5.60 Å². The average Bonchev–Trinajstić information content (AvgIpc) is 3.26. The van der Waals surface area contributed by atoms with Crippen LogP contribution in [0.3, 0.4) is 0 Å². The zero-order valence-corrected chi connectivity index (χ0v) is 17.4. The van der Waals surface area contributed by atoms with Crippen LogP contribution in [0.4, 0.5) is 13.2 Å². The molecule has 0 amide bonds. The summed E-state index contributed by atoms with van der Waals surface area (Å²) in [7, 11) is 0. The first kappa shape index (κ1) is 22.7. The van der Waals surface area contributed by atoms with Crippen molar-refractivity contribution in [3.8, 4) is 17.6 Å². The molecule has 0 aromatic heterocycles. The maximum Gasteiger partial charge on any atom is 0.426 e. The van der Waals surface area contributed by atoms with Crippen LogP contribution in [0.25, 0.3) is 0 Å². The van der Waals surface area contributed by atoms with Crippen molar-refractivity contribution in [3.63, 3.8) is 0 Å². The Balaban J connectivity index is 2.02. The van der Waals surface area contributed by atoms with Crippen molar-refractivity contribution in [1.29, 1.82) is 5.26 Å². The minimum absolute atomic E-state index is 0.133. The van der Waals surface area contributed by atoms with E-state index in [1.54, 1.807) is 62.4 Å². The van der Waals surface area contributed by atoms with Crippen LogP contribution >= 0.6 is 11.6 Å². The first-order chi connectivity index (χ1) is 14.6. The summed E-state index contributed by atoms with van der Waals surface area (Å²) in [5.74, 6) is -0.544. The van der Waals surface area contributed by atoms with Crippen LogP contribution < -0.4 is 4.74 Å². The maximum atomic E-state index is 13.0. The molecule has 4 nitrogen and oxygen atoms in total. The predicted molar refractivity (Wildman–Crippen MR) is 108 cm³/mol. The number of nitriles is 1. The normalized spacial score (nSPS) is 22.0. The van der Waals surface area contributed by atoms with Crippen LogP contribution in [0.2, 0.25) is 0 Å². The van der Waals surface area contributed by atoms with Gasteiger partial charge in [0.1, 0.15) is 22.6 Å². The van der Waals surface area contributed by atoms with E-state index < -0.39 is 34.1 Å².